The third kappa shape index (κ3) is 4.91. The quantitative estimate of drug-likeness (QED) is 0.254. The molecule has 1 fully saturated rings. The van der Waals surface area contributed by atoms with Gasteiger partial charge in [0.05, 0.1) is 19.5 Å². The van der Waals surface area contributed by atoms with Crippen LogP contribution in [0, 0.1) is 35.4 Å². The SMILES string of the molecule is CC(C)[C@@H]1CC[C@@H](C)C[C@H]1[C@]1(c2ccc(F)c(Br)c2)N=C[C@](c2cc(Cl)c(Cl)c(Cl)c2)(C(F)(F)F)[C@H]1C(=O)O. The van der Waals surface area contributed by atoms with Crippen molar-refractivity contribution in [3.8, 4) is 0 Å². The highest BCUT2D eigenvalue weighted by atomic mass is 79.9. The fraction of sp³-hybridized carbons (Fsp3) is 0.500. The van der Waals surface area contributed by atoms with Crippen LogP contribution in [0.5, 0.6) is 0 Å². The first-order valence-corrected chi connectivity index (χ1v) is 14.5. The molecule has 1 aliphatic carbocycles. The van der Waals surface area contributed by atoms with E-state index in [4.69, 9.17) is 34.8 Å². The van der Waals surface area contributed by atoms with Gasteiger partial charge in [-0.05, 0) is 87.8 Å². The van der Waals surface area contributed by atoms with Crippen molar-refractivity contribution in [2.24, 2.45) is 34.6 Å². The van der Waals surface area contributed by atoms with Crippen molar-refractivity contribution in [2.45, 2.75) is 57.2 Å². The van der Waals surface area contributed by atoms with Crippen LogP contribution in [0.4, 0.5) is 17.6 Å². The number of carbonyl (C=O) groups is 1. The Labute approximate surface area is 248 Å². The molecule has 0 amide bonds. The summed E-state index contributed by atoms with van der Waals surface area (Å²) in [6.45, 7) is 5.96. The largest absolute Gasteiger partial charge is 0.481 e. The van der Waals surface area contributed by atoms with Gasteiger partial charge in [0.2, 0.25) is 0 Å². The van der Waals surface area contributed by atoms with Gasteiger partial charge in [0.15, 0.2) is 0 Å². The molecule has 2 aliphatic rings. The predicted octanol–water partition coefficient (Wildman–Crippen LogP) is 9.74. The second-order valence-electron chi connectivity index (χ2n) is 11.0. The highest BCUT2D eigenvalue weighted by molar-refractivity contribution is 9.10. The maximum absolute atomic E-state index is 15.4. The molecule has 2 aromatic carbocycles. The van der Waals surface area contributed by atoms with Gasteiger partial charge in [-0.1, -0.05) is 68.1 Å². The van der Waals surface area contributed by atoms with Crippen LogP contribution >= 0.6 is 50.7 Å². The molecule has 0 aromatic heterocycles. The van der Waals surface area contributed by atoms with Crippen LogP contribution in [-0.4, -0.2) is 23.5 Å². The summed E-state index contributed by atoms with van der Waals surface area (Å²) >= 11 is 21.5. The third-order valence-corrected chi connectivity index (χ3v) is 10.3. The number of nitrogens with zero attached hydrogens (tertiary/aromatic N) is 1. The van der Waals surface area contributed by atoms with Crippen LogP contribution in [0.2, 0.25) is 15.1 Å². The van der Waals surface area contributed by atoms with E-state index in [1.807, 2.05) is 20.8 Å². The van der Waals surface area contributed by atoms with Crippen LogP contribution in [-0.2, 0) is 15.7 Å². The predicted molar refractivity (Wildman–Crippen MR) is 149 cm³/mol. The average molecular weight is 672 g/mol. The molecule has 0 saturated heterocycles. The lowest BCUT2D eigenvalue weighted by Gasteiger charge is -2.50. The number of rotatable bonds is 5. The zero-order valence-electron chi connectivity index (χ0n) is 21.3. The summed E-state index contributed by atoms with van der Waals surface area (Å²) in [7, 11) is 0. The molecule has 0 bridgehead atoms. The van der Waals surface area contributed by atoms with Crippen molar-refractivity contribution < 1.29 is 27.5 Å². The van der Waals surface area contributed by atoms with Gasteiger partial charge in [0.1, 0.15) is 22.7 Å². The summed E-state index contributed by atoms with van der Waals surface area (Å²) < 4.78 is 60.7. The van der Waals surface area contributed by atoms with Crippen molar-refractivity contribution in [3.63, 3.8) is 0 Å². The van der Waals surface area contributed by atoms with E-state index in [1.54, 1.807) is 0 Å². The molecule has 1 saturated carbocycles. The first-order valence-electron chi connectivity index (χ1n) is 12.5. The van der Waals surface area contributed by atoms with Crippen LogP contribution in [0.25, 0.3) is 0 Å². The number of hydrogen-bond acceptors (Lipinski definition) is 2. The minimum Gasteiger partial charge on any atom is -0.481 e. The molecule has 2 aromatic rings. The number of carboxylic acid groups (broad SMARTS) is 1. The Morgan fingerprint density at radius 1 is 1.10 bits per heavy atom. The zero-order chi connectivity index (χ0) is 29.1. The number of aliphatic carboxylic acids is 1. The van der Waals surface area contributed by atoms with Crippen LogP contribution in [0.15, 0.2) is 39.8 Å². The lowest BCUT2D eigenvalue weighted by atomic mass is 9.53. The second kappa shape index (κ2) is 10.8. The summed E-state index contributed by atoms with van der Waals surface area (Å²) in [5.74, 6) is -5.02. The van der Waals surface area contributed by atoms with E-state index in [2.05, 4.69) is 20.9 Å². The Balaban J connectivity index is 2.12. The summed E-state index contributed by atoms with van der Waals surface area (Å²) in [6.07, 6.45) is -2.40. The van der Waals surface area contributed by atoms with Crippen molar-refractivity contribution in [1.29, 1.82) is 0 Å². The van der Waals surface area contributed by atoms with Crippen molar-refractivity contribution >= 4 is 62.9 Å². The molecule has 39 heavy (non-hydrogen) atoms. The number of halogens is 8. The van der Waals surface area contributed by atoms with Gasteiger partial charge in [0.25, 0.3) is 0 Å². The van der Waals surface area contributed by atoms with E-state index in [0.717, 1.165) is 24.6 Å². The standard InChI is InChI=1S/C28H27BrCl3F4NO2/c1-13(2)17-6-4-14(3)8-18(17)27(15-5-7-22(33)19(29)9-15)24(25(38)39)26(12-37-27,28(34,35)36)16-10-20(30)23(32)21(31)11-16/h5,7,9-14,17-18,24H,4,6,8H2,1-3H3,(H,38,39)/t14-,17+,18-,24-,26-,27+/m1/s1. The smallest absolute Gasteiger partial charge is 0.404 e. The van der Waals surface area contributed by atoms with Gasteiger partial charge in [-0.25, -0.2) is 4.39 Å². The van der Waals surface area contributed by atoms with E-state index in [-0.39, 0.29) is 42.9 Å². The Hall–Kier alpha value is -1.35. The molecule has 4 rings (SSSR count). The van der Waals surface area contributed by atoms with E-state index < -0.39 is 46.3 Å². The van der Waals surface area contributed by atoms with Gasteiger partial charge in [-0.15, -0.1) is 0 Å². The number of aliphatic imine (C=N–C) groups is 1. The monoisotopic (exact) mass is 669 g/mol. The van der Waals surface area contributed by atoms with E-state index in [0.29, 0.717) is 19.1 Å². The highest BCUT2D eigenvalue weighted by Gasteiger charge is 2.73. The fourth-order valence-corrected chi connectivity index (χ4v) is 7.72. The molecule has 212 valence electrons. The second-order valence-corrected chi connectivity index (χ2v) is 13.1. The maximum Gasteiger partial charge on any atom is 0.404 e. The van der Waals surface area contributed by atoms with Gasteiger partial charge in [-0.3, -0.25) is 9.79 Å². The Bertz CT molecular complexity index is 1300. The lowest BCUT2D eigenvalue weighted by Crippen LogP contribution is -2.58. The van der Waals surface area contributed by atoms with E-state index >= 15 is 13.2 Å². The summed E-state index contributed by atoms with van der Waals surface area (Å²) in [5.41, 5.74) is -5.25. The fourth-order valence-electron chi connectivity index (χ4n) is 6.74. The van der Waals surface area contributed by atoms with Crippen molar-refractivity contribution in [2.75, 3.05) is 0 Å². The molecular weight excluding hydrogens is 645 g/mol. The molecule has 1 aliphatic heterocycles. The molecule has 0 radical (unpaired) electrons. The molecule has 0 unspecified atom stereocenters. The zero-order valence-corrected chi connectivity index (χ0v) is 25.2. The number of benzene rings is 2. The van der Waals surface area contributed by atoms with Crippen LogP contribution < -0.4 is 0 Å². The van der Waals surface area contributed by atoms with Gasteiger partial charge < -0.3 is 5.11 Å². The first-order chi connectivity index (χ1) is 18.1. The topological polar surface area (TPSA) is 49.7 Å². The minimum atomic E-state index is -5.12. The van der Waals surface area contributed by atoms with Gasteiger partial charge >= 0.3 is 12.1 Å². The number of carboxylic acids is 1. The molecule has 6 atom stereocenters. The molecular formula is C28H27BrCl3F4NO2. The average Bonchev–Trinajstić information content (AvgIpc) is 3.22. The maximum atomic E-state index is 15.4. The molecule has 3 nitrogen and oxygen atoms in total. The first kappa shape index (κ1) is 30.6. The number of hydrogen-bond donors (Lipinski definition) is 1. The summed E-state index contributed by atoms with van der Waals surface area (Å²) in [4.78, 5) is 17.8. The van der Waals surface area contributed by atoms with Crippen molar-refractivity contribution in [1.82, 2.24) is 0 Å². The summed E-state index contributed by atoms with van der Waals surface area (Å²) in [5, 5.41) is 10.1. The number of alkyl halides is 3. The molecule has 1 N–H and O–H groups in total. The lowest BCUT2D eigenvalue weighted by molar-refractivity contribution is -0.198. The van der Waals surface area contributed by atoms with Crippen molar-refractivity contribution in [3.05, 3.63) is 66.8 Å². The Morgan fingerprint density at radius 2 is 1.72 bits per heavy atom. The molecule has 0 spiro atoms. The summed E-state index contributed by atoms with van der Waals surface area (Å²) in [6, 6.07) is 5.83. The molecule has 11 heteroatoms. The van der Waals surface area contributed by atoms with E-state index in [1.165, 1.54) is 12.1 Å². The Kier molecular flexibility index (Phi) is 8.48. The Morgan fingerprint density at radius 3 is 2.23 bits per heavy atom. The molecule has 1 heterocycles. The van der Waals surface area contributed by atoms with E-state index in [9.17, 15) is 14.3 Å². The normalized spacial score (nSPS) is 31.2. The third-order valence-electron chi connectivity index (χ3n) is 8.52. The van der Waals surface area contributed by atoms with Crippen LogP contribution in [0.3, 0.4) is 0 Å². The van der Waals surface area contributed by atoms with Gasteiger partial charge in [0, 0.05) is 6.21 Å². The highest BCUT2D eigenvalue weighted by Crippen LogP contribution is 2.63. The van der Waals surface area contributed by atoms with Gasteiger partial charge in [-0.2, -0.15) is 13.2 Å². The van der Waals surface area contributed by atoms with Crippen LogP contribution in [0.1, 0.15) is 51.2 Å². The minimum absolute atomic E-state index is 0.00533.